The average Bonchev–Trinajstić information content (AvgIpc) is 3.63. The van der Waals surface area contributed by atoms with Crippen LogP contribution in [0, 0.1) is 17.0 Å². The van der Waals surface area contributed by atoms with Crippen LogP contribution in [0.2, 0.25) is 0 Å². The van der Waals surface area contributed by atoms with Gasteiger partial charge in [-0.2, -0.15) is 0 Å². The summed E-state index contributed by atoms with van der Waals surface area (Å²) in [5.41, 5.74) is 11.9. The number of hydrogen-bond acceptors (Lipinski definition) is 10. The van der Waals surface area contributed by atoms with Crippen molar-refractivity contribution in [2.75, 3.05) is 32.0 Å². The van der Waals surface area contributed by atoms with Gasteiger partial charge in [0.1, 0.15) is 30.1 Å². The van der Waals surface area contributed by atoms with Gasteiger partial charge in [0.05, 0.1) is 23.0 Å². The maximum atomic E-state index is 15.0. The maximum absolute atomic E-state index is 15.0. The van der Waals surface area contributed by atoms with Gasteiger partial charge in [-0.05, 0) is 35.6 Å². The van der Waals surface area contributed by atoms with Crippen molar-refractivity contribution in [2.24, 2.45) is 16.9 Å². The summed E-state index contributed by atoms with van der Waals surface area (Å²) >= 11 is 0.986. The Balaban J connectivity index is 1.50. The number of carboxylic acids is 1. The molecular formula is C36H45F2N7O7S. The summed E-state index contributed by atoms with van der Waals surface area (Å²) in [4.78, 5) is 69.7. The molecule has 0 aliphatic carbocycles. The number of carboxylic acid groups (broad SMARTS) is 1. The molecule has 4 amide bonds. The Bertz CT molecular complexity index is 1800. The molecule has 0 saturated carbocycles. The molecule has 0 bridgehead atoms. The number of aliphatic carboxylic acids is 1. The molecule has 1 fully saturated rings. The third-order valence-corrected chi connectivity index (χ3v) is 10.0. The number of carbonyl (C=O) groups is 5. The molecule has 3 aromatic rings. The minimum Gasteiger partial charge on any atom is -0.480 e. The zero-order valence-electron chi connectivity index (χ0n) is 29.7. The number of amides is 4. The van der Waals surface area contributed by atoms with Gasteiger partial charge in [-0.3, -0.25) is 28.9 Å². The summed E-state index contributed by atoms with van der Waals surface area (Å²) in [7, 11) is 0. The van der Waals surface area contributed by atoms with Crippen molar-refractivity contribution in [2.45, 2.75) is 63.5 Å². The summed E-state index contributed by atoms with van der Waals surface area (Å²) in [6.07, 6.45) is 1.41. The van der Waals surface area contributed by atoms with Gasteiger partial charge in [0.15, 0.2) is 0 Å². The van der Waals surface area contributed by atoms with E-state index >= 15 is 0 Å². The Morgan fingerprint density at radius 3 is 2.43 bits per heavy atom. The summed E-state index contributed by atoms with van der Waals surface area (Å²) in [6, 6.07) is 9.23. The third kappa shape index (κ3) is 10.5. The molecule has 53 heavy (non-hydrogen) atoms. The SMILES string of the molecule is CC(C)(C)C(c1nc(-c2cc(F)ccc2F)cn1Cc1ccccc1)N(CCC(N)C(=O)NCCN1C(=O)CC(SCC(N)C(=O)O)C1=O)C(=O)CO. The second kappa shape index (κ2) is 17.9. The number of imide groups is 1. The van der Waals surface area contributed by atoms with E-state index in [1.807, 2.05) is 51.1 Å². The standard InChI is InChI=1S/C36H45F2N7O7S/c1-36(2,3)31(32-42-27(23-15-22(37)9-10-24(23)38)18-43(32)17-21-7-5-4-6-8-21)44(30(48)19-46)13-11-25(39)33(49)41-12-14-45-29(47)16-28(34(45)50)53-20-26(40)35(51)52/h4-10,15,18,25-26,28,31,46H,11-14,16-17,19-20,39-40H2,1-3H3,(H,41,49)(H,51,52). The molecule has 1 saturated heterocycles. The van der Waals surface area contributed by atoms with E-state index in [1.54, 1.807) is 10.8 Å². The zero-order valence-corrected chi connectivity index (χ0v) is 30.5. The van der Waals surface area contributed by atoms with Gasteiger partial charge in [-0.15, -0.1) is 11.8 Å². The Labute approximate surface area is 309 Å². The molecule has 14 nitrogen and oxygen atoms in total. The summed E-state index contributed by atoms with van der Waals surface area (Å²) in [5, 5.41) is 20.9. The van der Waals surface area contributed by atoms with Crippen LogP contribution in [-0.2, 0) is 30.5 Å². The first-order valence-corrected chi connectivity index (χ1v) is 18.0. The van der Waals surface area contributed by atoms with Crippen LogP contribution in [0.4, 0.5) is 8.78 Å². The van der Waals surface area contributed by atoms with Gasteiger partial charge in [-0.25, -0.2) is 13.8 Å². The molecule has 1 aromatic heterocycles. The Morgan fingerprint density at radius 2 is 1.79 bits per heavy atom. The van der Waals surface area contributed by atoms with Crippen molar-refractivity contribution in [3.05, 3.63) is 77.8 Å². The number of benzene rings is 2. The topological polar surface area (TPSA) is 214 Å². The monoisotopic (exact) mass is 757 g/mol. The predicted molar refractivity (Wildman–Crippen MR) is 193 cm³/mol. The number of nitrogens with two attached hydrogens (primary N) is 2. The van der Waals surface area contributed by atoms with Crippen LogP contribution in [0.15, 0.2) is 54.7 Å². The summed E-state index contributed by atoms with van der Waals surface area (Å²) < 4.78 is 31.0. The molecule has 4 unspecified atom stereocenters. The Morgan fingerprint density at radius 1 is 1.09 bits per heavy atom. The maximum Gasteiger partial charge on any atom is 0.321 e. The fourth-order valence-electron chi connectivity index (χ4n) is 6.00. The number of nitrogens with zero attached hydrogens (tertiary/aromatic N) is 4. The molecule has 4 atom stereocenters. The van der Waals surface area contributed by atoms with E-state index in [9.17, 15) is 37.9 Å². The molecular weight excluding hydrogens is 713 g/mol. The first-order valence-electron chi connectivity index (χ1n) is 17.0. The highest BCUT2D eigenvalue weighted by molar-refractivity contribution is 8.00. The van der Waals surface area contributed by atoms with E-state index in [2.05, 4.69) is 5.32 Å². The summed E-state index contributed by atoms with van der Waals surface area (Å²) in [5.74, 6) is -4.53. The second-order valence-corrected chi connectivity index (χ2v) is 15.0. The first kappa shape index (κ1) is 41.1. The number of imidazole rings is 1. The zero-order chi connectivity index (χ0) is 39.0. The highest BCUT2D eigenvalue weighted by Crippen LogP contribution is 2.39. The number of carbonyl (C=O) groups excluding carboxylic acids is 4. The lowest BCUT2D eigenvalue weighted by Crippen LogP contribution is -2.48. The fourth-order valence-corrected chi connectivity index (χ4v) is 7.11. The van der Waals surface area contributed by atoms with Gasteiger partial charge in [0.2, 0.25) is 23.6 Å². The minimum absolute atomic E-state index is 0.0496. The molecule has 1 aliphatic heterocycles. The van der Waals surface area contributed by atoms with Gasteiger partial charge < -0.3 is 36.5 Å². The number of nitrogens with one attached hydrogen (secondary N) is 1. The van der Waals surface area contributed by atoms with E-state index in [0.717, 1.165) is 40.4 Å². The van der Waals surface area contributed by atoms with Crippen molar-refractivity contribution in [3.63, 3.8) is 0 Å². The Kier molecular flexibility index (Phi) is 13.8. The molecule has 2 aromatic carbocycles. The van der Waals surface area contributed by atoms with E-state index < -0.39 is 76.6 Å². The molecule has 7 N–H and O–H groups in total. The van der Waals surface area contributed by atoms with E-state index in [1.165, 1.54) is 4.90 Å². The fraction of sp³-hybridized carbons (Fsp3) is 0.444. The number of aromatic nitrogens is 2. The van der Waals surface area contributed by atoms with Crippen LogP contribution in [0.1, 0.15) is 51.0 Å². The number of aliphatic hydroxyl groups is 1. The molecule has 2 heterocycles. The molecule has 0 radical (unpaired) electrons. The highest BCUT2D eigenvalue weighted by Gasteiger charge is 2.40. The lowest BCUT2D eigenvalue weighted by Gasteiger charge is -2.40. The van der Waals surface area contributed by atoms with Crippen LogP contribution in [0.3, 0.4) is 0 Å². The number of likely N-dealkylation sites (tertiary alicyclic amines) is 1. The normalized spacial score (nSPS) is 16.4. The van der Waals surface area contributed by atoms with E-state index in [-0.39, 0.29) is 56.0 Å². The van der Waals surface area contributed by atoms with Gasteiger partial charge in [-0.1, -0.05) is 51.1 Å². The second-order valence-electron chi connectivity index (χ2n) is 13.8. The Hall–Kier alpha value is -4.71. The van der Waals surface area contributed by atoms with Crippen molar-refractivity contribution in [1.82, 2.24) is 24.7 Å². The van der Waals surface area contributed by atoms with Crippen molar-refractivity contribution >= 4 is 41.4 Å². The smallest absolute Gasteiger partial charge is 0.321 e. The summed E-state index contributed by atoms with van der Waals surface area (Å²) in [6.45, 7) is 4.65. The quantitative estimate of drug-likeness (QED) is 0.125. The van der Waals surface area contributed by atoms with E-state index in [0.29, 0.717) is 5.82 Å². The van der Waals surface area contributed by atoms with Crippen LogP contribution < -0.4 is 16.8 Å². The molecule has 286 valence electrons. The molecule has 1 aliphatic rings. The number of aliphatic hydroxyl groups excluding tert-OH is 1. The van der Waals surface area contributed by atoms with Crippen LogP contribution in [0.25, 0.3) is 11.3 Å². The number of thioether (sulfide) groups is 1. The van der Waals surface area contributed by atoms with Crippen LogP contribution >= 0.6 is 11.8 Å². The number of hydrogen-bond donors (Lipinski definition) is 5. The van der Waals surface area contributed by atoms with Crippen molar-refractivity contribution < 1.29 is 43.0 Å². The largest absolute Gasteiger partial charge is 0.480 e. The highest BCUT2D eigenvalue weighted by atomic mass is 32.2. The predicted octanol–water partition coefficient (Wildman–Crippen LogP) is 1.89. The minimum atomic E-state index is -1.22. The van der Waals surface area contributed by atoms with Gasteiger partial charge in [0.25, 0.3) is 0 Å². The van der Waals surface area contributed by atoms with Gasteiger partial charge >= 0.3 is 5.97 Å². The lowest BCUT2D eigenvalue weighted by molar-refractivity contribution is -0.140. The number of halogens is 2. The molecule has 17 heteroatoms. The number of rotatable bonds is 17. The van der Waals surface area contributed by atoms with E-state index in [4.69, 9.17) is 21.6 Å². The molecule has 4 rings (SSSR count). The lowest BCUT2D eigenvalue weighted by atomic mass is 9.84. The van der Waals surface area contributed by atoms with Crippen molar-refractivity contribution in [1.29, 1.82) is 0 Å². The average molecular weight is 758 g/mol. The first-order chi connectivity index (χ1) is 25.0. The van der Waals surface area contributed by atoms with Crippen LogP contribution in [-0.4, -0.2) is 108 Å². The third-order valence-electron chi connectivity index (χ3n) is 8.69. The van der Waals surface area contributed by atoms with Gasteiger partial charge in [0, 0.05) is 50.1 Å². The van der Waals surface area contributed by atoms with Crippen LogP contribution in [0.5, 0.6) is 0 Å². The van der Waals surface area contributed by atoms with Crippen molar-refractivity contribution in [3.8, 4) is 11.3 Å². The molecule has 0 spiro atoms.